The Hall–Kier alpha value is -1.55. The molecule has 0 aliphatic carbocycles. The maximum absolute atomic E-state index is 10.4. The summed E-state index contributed by atoms with van der Waals surface area (Å²) in [5, 5.41) is 8.51. The van der Waals surface area contributed by atoms with Gasteiger partial charge in [0.05, 0.1) is 5.56 Å². The molecule has 0 bridgehead atoms. The van der Waals surface area contributed by atoms with Gasteiger partial charge in [0.2, 0.25) is 0 Å². The van der Waals surface area contributed by atoms with E-state index < -0.39 is 5.97 Å². The van der Waals surface area contributed by atoms with Crippen molar-refractivity contribution < 1.29 is 14.7 Å². The minimum Gasteiger partial charge on any atom is -0.478 e. The molecule has 1 aromatic rings. The molecule has 0 amide bonds. The Morgan fingerprint density at radius 3 is 2.82 bits per heavy atom. The van der Waals surface area contributed by atoms with Gasteiger partial charge in [-0.15, -0.1) is 0 Å². The standard InChI is InChI=1S/C7H7NO3/c8-11-6-3-1-2-5(4-6)7(9)10/h1-4H,8H2,(H,9,10). The van der Waals surface area contributed by atoms with Crippen LogP contribution in [-0.2, 0) is 0 Å². The van der Waals surface area contributed by atoms with E-state index in [4.69, 9.17) is 11.0 Å². The van der Waals surface area contributed by atoms with E-state index in [0.717, 1.165) is 0 Å². The predicted octanol–water partition coefficient (Wildman–Crippen LogP) is 0.637. The number of hydrogen-bond donors (Lipinski definition) is 2. The van der Waals surface area contributed by atoms with Gasteiger partial charge in [0.25, 0.3) is 0 Å². The molecule has 0 unspecified atom stereocenters. The van der Waals surface area contributed by atoms with Gasteiger partial charge in [0.15, 0.2) is 0 Å². The number of hydrogen-bond acceptors (Lipinski definition) is 3. The van der Waals surface area contributed by atoms with Gasteiger partial charge < -0.3 is 9.94 Å². The van der Waals surface area contributed by atoms with Crippen LogP contribution in [0, 0.1) is 0 Å². The Labute approximate surface area is 63.2 Å². The fourth-order valence-electron chi connectivity index (χ4n) is 0.702. The van der Waals surface area contributed by atoms with Crippen LogP contribution in [0.4, 0.5) is 0 Å². The molecule has 0 spiro atoms. The molecule has 3 N–H and O–H groups in total. The normalized spacial score (nSPS) is 9.18. The number of aromatic carboxylic acids is 1. The molecule has 0 radical (unpaired) electrons. The van der Waals surface area contributed by atoms with E-state index in [2.05, 4.69) is 4.84 Å². The number of carbonyl (C=O) groups is 1. The van der Waals surface area contributed by atoms with Gasteiger partial charge in [-0.1, -0.05) is 6.07 Å². The van der Waals surface area contributed by atoms with Crippen molar-refractivity contribution in [2.75, 3.05) is 0 Å². The summed E-state index contributed by atoms with van der Waals surface area (Å²) in [6.45, 7) is 0. The highest BCUT2D eigenvalue weighted by Gasteiger charge is 2.02. The third kappa shape index (κ3) is 1.68. The molecule has 4 nitrogen and oxygen atoms in total. The van der Waals surface area contributed by atoms with E-state index in [1.54, 1.807) is 12.1 Å². The molecule has 1 aromatic carbocycles. The fourth-order valence-corrected chi connectivity index (χ4v) is 0.702. The highest BCUT2D eigenvalue weighted by Crippen LogP contribution is 2.11. The number of nitrogens with two attached hydrogens (primary N) is 1. The molecule has 4 heteroatoms. The van der Waals surface area contributed by atoms with Crippen molar-refractivity contribution in [1.82, 2.24) is 0 Å². The molecule has 0 saturated heterocycles. The zero-order valence-corrected chi connectivity index (χ0v) is 5.65. The highest BCUT2D eigenvalue weighted by atomic mass is 16.6. The van der Waals surface area contributed by atoms with Crippen LogP contribution in [0.15, 0.2) is 24.3 Å². The van der Waals surface area contributed by atoms with Crippen molar-refractivity contribution in [3.05, 3.63) is 29.8 Å². The summed E-state index contributed by atoms with van der Waals surface area (Å²) in [7, 11) is 0. The van der Waals surface area contributed by atoms with Crippen LogP contribution in [0.25, 0.3) is 0 Å². The summed E-state index contributed by atoms with van der Waals surface area (Å²) < 4.78 is 0. The van der Waals surface area contributed by atoms with Gasteiger partial charge in [0, 0.05) is 0 Å². The molecule has 0 fully saturated rings. The lowest BCUT2D eigenvalue weighted by Gasteiger charge is -1.97. The van der Waals surface area contributed by atoms with Gasteiger partial charge in [0.1, 0.15) is 5.75 Å². The molecule has 1 rings (SSSR count). The summed E-state index contributed by atoms with van der Waals surface area (Å²) in [6, 6.07) is 5.95. The third-order valence-corrected chi connectivity index (χ3v) is 1.22. The van der Waals surface area contributed by atoms with Crippen molar-refractivity contribution in [1.29, 1.82) is 0 Å². The molecular weight excluding hydrogens is 146 g/mol. The maximum Gasteiger partial charge on any atom is 0.335 e. The first kappa shape index (κ1) is 7.56. The van der Waals surface area contributed by atoms with Crippen molar-refractivity contribution in [2.24, 2.45) is 5.90 Å². The fraction of sp³-hybridized carbons (Fsp3) is 0. The van der Waals surface area contributed by atoms with E-state index in [0.29, 0.717) is 5.75 Å². The Morgan fingerprint density at radius 1 is 1.55 bits per heavy atom. The van der Waals surface area contributed by atoms with Gasteiger partial charge >= 0.3 is 5.97 Å². The molecule has 0 aromatic heterocycles. The Morgan fingerprint density at radius 2 is 2.27 bits per heavy atom. The van der Waals surface area contributed by atoms with Crippen LogP contribution in [0.1, 0.15) is 10.4 Å². The van der Waals surface area contributed by atoms with Crippen molar-refractivity contribution in [3.8, 4) is 5.75 Å². The molecule has 11 heavy (non-hydrogen) atoms. The minimum absolute atomic E-state index is 0.160. The average Bonchev–Trinajstić information content (AvgIpc) is 2.05. The zero-order valence-electron chi connectivity index (χ0n) is 5.65. The Bertz CT molecular complexity index is 272. The molecule has 0 aliphatic heterocycles. The van der Waals surface area contributed by atoms with Gasteiger partial charge in [-0.2, -0.15) is 5.90 Å². The van der Waals surface area contributed by atoms with Crippen LogP contribution in [0.3, 0.4) is 0 Å². The summed E-state index contributed by atoms with van der Waals surface area (Å²) in [6.07, 6.45) is 0. The van der Waals surface area contributed by atoms with Gasteiger partial charge in [-0.3, -0.25) is 0 Å². The molecule has 0 heterocycles. The van der Waals surface area contributed by atoms with Crippen molar-refractivity contribution >= 4 is 5.97 Å². The quantitative estimate of drug-likeness (QED) is 0.611. The van der Waals surface area contributed by atoms with Crippen LogP contribution in [0.2, 0.25) is 0 Å². The number of benzene rings is 1. The van der Waals surface area contributed by atoms with E-state index in [9.17, 15) is 4.79 Å². The maximum atomic E-state index is 10.4. The largest absolute Gasteiger partial charge is 0.478 e. The van der Waals surface area contributed by atoms with Crippen LogP contribution >= 0.6 is 0 Å². The first-order chi connectivity index (χ1) is 5.24. The van der Waals surface area contributed by atoms with E-state index in [1.165, 1.54) is 12.1 Å². The second kappa shape index (κ2) is 3.03. The minimum atomic E-state index is -0.996. The van der Waals surface area contributed by atoms with E-state index >= 15 is 0 Å². The molecule has 0 atom stereocenters. The number of rotatable bonds is 2. The number of carboxylic acids is 1. The van der Waals surface area contributed by atoms with Crippen LogP contribution in [0.5, 0.6) is 5.75 Å². The lowest BCUT2D eigenvalue weighted by atomic mass is 10.2. The predicted molar refractivity (Wildman–Crippen MR) is 38.2 cm³/mol. The first-order valence-electron chi connectivity index (χ1n) is 2.94. The second-order valence-electron chi connectivity index (χ2n) is 1.95. The Balaban J connectivity index is 3.01. The third-order valence-electron chi connectivity index (χ3n) is 1.22. The molecule has 58 valence electrons. The monoisotopic (exact) mass is 153 g/mol. The first-order valence-corrected chi connectivity index (χ1v) is 2.94. The smallest absolute Gasteiger partial charge is 0.335 e. The summed E-state index contributed by atoms with van der Waals surface area (Å²) in [5.74, 6) is 4.17. The van der Waals surface area contributed by atoms with Crippen molar-refractivity contribution in [3.63, 3.8) is 0 Å². The highest BCUT2D eigenvalue weighted by molar-refractivity contribution is 5.87. The molecule has 0 saturated carbocycles. The summed E-state index contributed by atoms with van der Waals surface area (Å²) >= 11 is 0. The zero-order chi connectivity index (χ0) is 8.27. The molecule has 0 aliphatic rings. The lowest BCUT2D eigenvalue weighted by molar-refractivity contribution is 0.0696. The molecular formula is C7H7NO3. The number of carboxylic acid groups (broad SMARTS) is 1. The summed E-state index contributed by atoms with van der Waals surface area (Å²) in [5.41, 5.74) is 0.160. The topological polar surface area (TPSA) is 72.5 Å². The lowest BCUT2D eigenvalue weighted by Crippen LogP contribution is -2.03. The van der Waals surface area contributed by atoms with Crippen LogP contribution in [-0.4, -0.2) is 11.1 Å². The Kier molecular flexibility index (Phi) is 2.08. The summed E-state index contributed by atoms with van der Waals surface area (Å²) in [4.78, 5) is 14.7. The average molecular weight is 153 g/mol. The van der Waals surface area contributed by atoms with Crippen LogP contribution < -0.4 is 10.7 Å². The van der Waals surface area contributed by atoms with E-state index in [-0.39, 0.29) is 5.56 Å². The van der Waals surface area contributed by atoms with Gasteiger partial charge in [-0.25, -0.2) is 4.79 Å². The van der Waals surface area contributed by atoms with Crippen molar-refractivity contribution in [2.45, 2.75) is 0 Å². The SMILES string of the molecule is NOc1cccc(C(=O)O)c1. The van der Waals surface area contributed by atoms with E-state index in [1.807, 2.05) is 0 Å². The second-order valence-corrected chi connectivity index (χ2v) is 1.95. The van der Waals surface area contributed by atoms with Gasteiger partial charge in [-0.05, 0) is 18.2 Å².